The highest BCUT2D eigenvalue weighted by molar-refractivity contribution is 7.85. The summed E-state index contributed by atoms with van der Waals surface area (Å²) >= 11 is 0. The molecule has 1 rings (SSSR count). The third-order valence-electron chi connectivity index (χ3n) is 1.70. The lowest BCUT2D eigenvalue weighted by Crippen LogP contribution is -2.17. The summed E-state index contributed by atoms with van der Waals surface area (Å²) in [5.74, 6) is 2.58. The fraction of sp³-hybridized carbons (Fsp3) is 1.00. The van der Waals surface area contributed by atoms with Crippen LogP contribution in [0.5, 0.6) is 0 Å². The quantitative estimate of drug-likeness (QED) is 0.631. The molecule has 10 heavy (non-hydrogen) atoms. The first-order valence-corrected chi connectivity index (χ1v) is 5.31. The molecule has 0 aromatic carbocycles. The normalized spacial score (nSPS) is 20.9. The molecular weight excluding hydrogens is 146 g/mol. The fourth-order valence-electron chi connectivity index (χ4n) is 0.847. The van der Waals surface area contributed by atoms with E-state index in [1.165, 1.54) is 12.8 Å². The molecule has 1 fully saturated rings. The largest absolute Gasteiger partial charge is 0.319 e. The van der Waals surface area contributed by atoms with Crippen LogP contribution < -0.4 is 5.32 Å². The molecule has 0 amide bonds. The van der Waals surface area contributed by atoms with Crippen molar-refractivity contribution in [3.05, 3.63) is 0 Å². The third-order valence-corrected chi connectivity index (χ3v) is 3.20. The summed E-state index contributed by atoms with van der Waals surface area (Å²) in [6.45, 7) is 0.888. The summed E-state index contributed by atoms with van der Waals surface area (Å²) in [6.07, 6.45) is 2.62. The SMILES string of the molecule is CNCCS(=O)CC1CC1. The van der Waals surface area contributed by atoms with Crippen molar-refractivity contribution in [2.45, 2.75) is 12.8 Å². The molecule has 1 aliphatic carbocycles. The van der Waals surface area contributed by atoms with Crippen LogP contribution in [-0.2, 0) is 10.8 Å². The molecule has 0 aliphatic heterocycles. The first kappa shape index (κ1) is 8.21. The number of hydrogen-bond acceptors (Lipinski definition) is 2. The van der Waals surface area contributed by atoms with Gasteiger partial charge >= 0.3 is 0 Å². The van der Waals surface area contributed by atoms with Gasteiger partial charge in [-0.1, -0.05) is 0 Å². The molecule has 0 radical (unpaired) electrons. The maximum atomic E-state index is 11.1. The summed E-state index contributed by atoms with van der Waals surface area (Å²) in [5, 5.41) is 3.00. The molecule has 1 aliphatic rings. The van der Waals surface area contributed by atoms with Crippen LogP contribution in [-0.4, -0.2) is 29.3 Å². The number of rotatable bonds is 5. The standard InChI is InChI=1S/C7H15NOS/c1-8-4-5-10(9)6-7-2-3-7/h7-8H,2-6H2,1H3. The smallest absolute Gasteiger partial charge is 0.0360 e. The second kappa shape index (κ2) is 4.09. The predicted molar refractivity (Wildman–Crippen MR) is 44.5 cm³/mol. The molecule has 3 heteroatoms. The van der Waals surface area contributed by atoms with Gasteiger partial charge in [-0.25, -0.2) is 0 Å². The van der Waals surface area contributed by atoms with E-state index in [1.54, 1.807) is 0 Å². The van der Waals surface area contributed by atoms with Crippen molar-refractivity contribution in [2.24, 2.45) is 5.92 Å². The molecule has 1 saturated carbocycles. The highest BCUT2D eigenvalue weighted by atomic mass is 32.2. The Hall–Kier alpha value is 0.110. The predicted octanol–water partition coefficient (Wildman–Crippen LogP) is 0.364. The van der Waals surface area contributed by atoms with Gasteiger partial charge in [-0.2, -0.15) is 0 Å². The zero-order valence-electron chi connectivity index (χ0n) is 6.43. The van der Waals surface area contributed by atoms with Crippen molar-refractivity contribution < 1.29 is 4.21 Å². The Balaban J connectivity index is 1.97. The molecule has 1 atom stereocenters. The summed E-state index contributed by atoms with van der Waals surface area (Å²) in [6, 6.07) is 0. The van der Waals surface area contributed by atoms with Gasteiger partial charge in [0.15, 0.2) is 0 Å². The van der Waals surface area contributed by atoms with Gasteiger partial charge in [0.05, 0.1) is 0 Å². The minimum atomic E-state index is -0.550. The van der Waals surface area contributed by atoms with E-state index in [0.29, 0.717) is 0 Å². The first-order chi connectivity index (χ1) is 4.83. The van der Waals surface area contributed by atoms with E-state index in [-0.39, 0.29) is 0 Å². The Labute approximate surface area is 64.8 Å². The van der Waals surface area contributed by atoms with Crippen LogP contribution in [0.3, 0.4) is 0 Å². The van der Waals surface area contributed by atoms with E-state index < -0.39 is 10.8 Å². The van der Waals surface area contributed by atoms with Crippen LogP contribution in [0, 0.1) is 5.92 Å². The van der Waals surface area contributed by atoms with Crippen molar-refractivity contribution in [2.75, 3.05) is 25.1 Å². The molecule has 1 unspecified atom stereocenters. The number of hydrogen-bond donors (Lipinski definition) is 1. The molecule has 0 bridgehead atoms. The Morgan fingerprint density at radius 1 is 1.60 bits per heavy atom. The summed E-state index contributed by atoms with van der Waals surface area (Å²) in [7, 11) is 1.35. The molecule has 2 nitrogen and oxygen atoms in total. The fourth-order valence-corrected chi connectivity index (χ4v) is 2.30. The van der Waals surface area contributed by atoms with Gasteiger partial charge in [0.25, 0.3) is 0 Å². The van der Waals surface area contributed by atoms with Gasteiger partial charge in [0.1, 0.15) is 0 Å². The van der Waals surface area contributed by atoms with E-state index in [4.69, 9.17) is 0 Å². The molecule has 1 N–H and O–H groups in total. The van der Waals surface area contributed by atoms with Crippen molar-refractivity contribution in [3.63, 3.8) is 0 Å². The van der Waals surface area contributed by atoms with Crippen LogP contribution in [0.2, 0.25) is 0 Å². The van der Waals surface area contributed by atoms with Gasteiger partial charge in [-0.15, -0.1) is 0 Å². The average molecular weight is 161 g/mol. The highest BCUT2D eigenvalue weighted by Crippen LogP contribution is 2.29. The monoisotopic (exact) mass is 161 g/mol. The Kier molecular flexibility index (Phi) is 3.35. The minimum Gasteiger partial charge on any atom is -0.319 e. The molecular formula is C7H15NOS. The van der Waals surface area contributed by atoms with E-state index in [9.17, 15) is 4.21 Å². The maximum Gasteiger partial charge on any atom is 0.0360 e. The van der Waals surface area contributed by atoms with Crippen LogP contribution in [0.15, 0.2) is 0 Å². The zero-order chi connectivity index (χ0) is 7.40. The van der Waals surface area contributed by atoms with Crippen LogP contribution in [0.4, 0.5) is 0 Å². The van der Waals surface area contributed by atoms with Gasteiger partial charge in [0, 0.05) is 28.9 Å². The van der Waals surface area contributed by atoms with E-state index in [2.05, 4.69) is 5.32 Å². The Morgan fingerprint density at radius 3 is 2.80 bits per heavy atom. The average Bonchev–Trinajstić information content (AvgIpc) is 2.67. The molecule has 0 heterocycles. The van der Waals surface area contributed by atoms with Gasteiger partial charge in [-0.05, 0) is 25.8 Å². The lowest BCUT2D eigenvalue weighted by atomic mass is 10.5. The maximum absolute atomic E-state index is 11.1. The van der Waals surface area contributed by atoms with Crippen LogP contribution in [0.1, 0.15) is 12.8 Å². The second-order valence-corrected chi connectivity index (χ2v) is 4.48. The van der Waals surface area contributed by atoms with Crippen molar-refractivity contribution in [1.82, 2.24) is 5.32 Å². The van der Waals surface area contributed by atoms with E-state index >= 15 is 0 Å². The van der Waals surface area contributed by atoms with Crippen molar-refractivity contribution >= 4 is 10.8 Å². The summed E-state index contributed by atoms with van der Waals surface area (Å²) < 4.78 is 11.1. The minimum absolute atomic E-state index is 0.550. The van der Waals surface area contributed by atoms with Crippen LogP contribution in [0.25, 0.3) is 0 Å². The topological polar surface area (TPSA) is 29.1 Å². The molecule has 0 aromatic heterocycles. The van der Waals surface area contributed by atoms with Crippen LogP contribution >= 0.6 is 0 Å². The number of nitrogens with one attached hydrogen (secondary N) is 1. The van der Waals surface area contributed by atoms with Crippen molar-refractivity contribution in [3.8, 4) is 0 Å². The molecule has 0 spiro atoms. The van der Waals surface area contributed by atoms with Gasteiger partial charge in [0.2, 0.25) is 0 Å². The summed E-state index contributed by atoms with van der Waals surface area (Å²) in [5.41, 5.74) is 0. The Bertz CT molecular complexity index is 123. The third kappa shape index (κ3) is 3.32. The van der Waals surface area contributed by atoms with Gasteiger partial charge in [-0.3, -0.25) is 4.21 Å². The summed E-state index contributed by atoms with van der Waals surface area (Å²) in [4.78, 5) is 0. The second-order valence-electron chi connectivity index (χ2n) is 2.86. The molecule has 60 valence electrons. The van der Waals surface area contributed by atoms with E-state index in [1.807, 2.05) is 7.05 Å². The first-order valence-electron chi connectivity index (χ1n) is 3.82. The Morgan fingerprint density at radius 2 is 2.30 bits per heavy atom. The van der Waals surface area contributed by atoms with Crippen molar-refractivity contribution in [1.29, 1.82) is 0 Å². The van der Waals surface area contributed by atoms with Gasteiger partial charge < -0.3 is 5.32 Å². The van der Waals surface area contributed by atoms with E-state index in [0.717, 1.165) is 24.0 Å². The zero-order valence-corrected chi connectivity index (χ0v) is 7.25. The highest BCUT2D eigenvalue weighted by Gasteiger charge is 2.23. The lowest BCUT2D eigenvalue weighted by molar-refractivity contribution is 0.677. The molecule has 0 aromatic rings. The molecule has 0 saturated heterocycles. The lowest BCUT2D eigenvalue weighted by Gasteiger charge is -1.98.